The average Bonchev–Trinajstić information content (AvgIpc) is 2.39. The zero-order valence-corrected chi connectivity index (χ0v) is 9.04. The zero-order valence-electron chi connectivity index (χ0n) is 9.04. The van der Waals surface area contributed by atoms with Crippen LogP contribution in [0.1, 0.15) is 33.6 Å². The second-order valence-corrected chi connectivity index (χ2v) is 3.93. The molecule has 14 heavy (non-hydrogen) atoms. The maximum Gasteiger partial charge on any atom is 0.302 e. The molecule has 1 rings (SSSR count). The maximum absolute atomic E-state index is 10.5. The highest BCUT2D eigenvalue weighted by atomic mass is 16.7. The van der Waals surface area contributed by atoms with Crippen molar-refractivity contribution >= 4 is 5.97 Å². The Balaban J connectivity index is 2.06. The molecular formula is C10H18O4. The van der Waals surface area contributed by atoms with Crippen molar-refractivity contribution in [2.24, 2.45) is 0 Å². The van der Waals surface area contributed by atoms with E-state index in [0.717, 1.165) is 12.8 Å². The lowest BCUT2D eigenvalue weighted by Gasteiger charge is -2.16. The third-order valence-electron chi connectivity index (χ3n) is 2.04. The van der Waals surface area contributed by atoms with Gasteiger partial charge in [-0.15, -0.1) is 0 Å². The number of hydrogen-bond donors (Lipinski definition) is 0. The quantitative estimate of drug-likeness (QED) is 0.511. The van der Waals surface area contributed by atoms with Gasteiger partial charge in [0.1, 0.15) is 0 Å². The fourth-order valence-corrected chi connectivity index (χ4v) is 1.43. The van der Waals surface area contributed by atoms with Gasteiger partial charge < -0.3 is 14.2 Å². The van der Waals surface area contributed by atoms with Crippen LogP contribution in [0.2, 0.25) is 0 Å². The summed E-state index contributed by atoms with van der Waals surface area (Å²) in [6.45, 7) is 6.32. The Kier molecular flexibility index (Phi) is 3.89. The van der Waals surface area contributed by atoms with Crippen molar-refractivity contribution < 1.29 is 19.0 Å². The molecule has 4 heteroatoms. The molecule has 0 N–H and O–H groups in total. The van der Waals surface area contributed by atoms with E-state index in [0.29, 0.717) is 13.2 Å². The van der Waals surface area contributed by atoms with Crippen molar-refractivity contribution in [2.75, 3.05) is 13.2 Å². The highest BCUT2D eigenvalue weighted by Gasteiger charge is 2.31. The van der Waals surface area contributed by atoms with Crippen molar-refractivity contribution in [1.82, 2.24) is 0 Å². The molecule has 1 saturated heterocycles. The Labute approximate surface area is 84.5 Å². The van der Waals surface area contributed by atoms with Crippen LogP contribution in [0.25, 0.3) is 0 Å². The van der Waals surface area contributed by atoms with Crippen LogP contribution in [-0.4, -0.2) is 31.1 Å². The number of ether oxygens (including phenoxy) is 3. The van der Waals surface area contributed by atoms with Crippen LogP contribution in [0.3, 0.4) is 0 Å². The molecule has 1 aliphatic heterocycles. The van der Waals surface area contributed by atoms with E-state index in [1.165, 1.54) is 6.92 Å². The van der Waals surface area contributed by atoms with Gasteiger partial charge in [-0.3, -0.25) is 4.79 Å². The van der Waals surface area contributed by atoms with E-state index in [9.17, 15) is 4.79 Å². The first kappa shape index (κ1) is 11.5. The van der Waals surface area contributed by atoms with Gasteiger partial charge in [0.05, 0.1) is 19.3 Å². The molecular weight excluding hydrogens is 184 g/mol. The minimum Gasteiger partial charge on any atom is -0.466 e. The van der Waals surface area contributed by atoms with Gasteiger partial charge in [0.2, 0.25) is 0 Å². The summed E-state index contributed by atoms with van der Waals surface area (Å²) >= 11 is 0. The van der Waals surface area contributed by atoms with E-state index < -0.39 is 5.79 Å². The van der Waals surface area contributed by atoms with E-state index in [-0.39, 0.29) is 12.1 Å². The van der Waals surface area contributed by atoms with Crippen molar-refractivity contribution in [3.8, 4) is 0 Å². The first-order valence-electron chi connectivity index (χ1n) is 4.95. The first-order chi connectivity index (χ1) is 6.49. The molecule has 1 heterocycles. The SMILES string of the molecule is CC(=O)OCCCC1COC(C)(C)O1. The molecule has 0 aromatic heterocycles. The van der Waals surface area contributed by atoms with Gasteiger partial charge in [0, 0.05) is 6.92 Å². The summed E-state index contributed by atoms with van der Waals surface area (Å²) in [4.78, 5) is 10.5. The minimum atomic E-state index is -0.452. The third kappa shape index (κ3) is 4.07. The summed E-state index contributed by atoms with van der Waals surface area (Å²) in [6.07, 6.45) is 1.83. The molecule has 0 bridgehead atoms. The third-order valence-corrected chi connectivity index (χ3v) is 2.04. The molecule has 0 radical (unpaired) electrons. The van der Waals surface area contributed by atoms with Crippen LogP contribution in [0.4, 0.5) is 0 Å². The Bertz CT molecular complexity index is 200. The molecule has 82 valence electrons. The Morgan fingerprint density at radius 3 is 2.79 bits per heavy atom. The van der Waals surface area contributed by atoms with Crippen molar-refractivity contribution in [2.45, 2.75) is 45.5 Å². The van der Waals surface area contributed by atoms with E-state index in [1.54, 1.807) is 0 Å². The van der Waals surface area contributed by atoms with Crippen LogP contribution < -0.4 is 0 Å². The molecule has 0 aromatic carbocycles. The molecule has 0 amide bonds. The van der Waals surface area contributed by atoms with E-state index in [2.05, 4.69) is 0 Å². The number of carbonyl (C=O) groups excluding carboxylic acids is 1. The van der Waals surface area contributed by atoms with Crippen LogP contribution in [-0.2, 0) is 19.0 Å². The number of rotatable bonds is 4. The molecule has 0 aromatic rings. The van der Waals surface area contributed by atoms with Gasteiger partial charge in [-0.2, -0.15) is 0 Å². The number of hydrogen-bond acceptors (Lipinski definition) is 4. The van der Waals surface area contributed by atoms with Crippen LogP contribution >= 0.6 is 0 Å². The Hall–Kier alpha value is -0.610. The topological polar surface area (TPSA) is 44.8 Å². The highest BCUT2D eigenvalue weighted by molar-refractivity contribution is 5.65. The second kappa shape index (κ2) is 4.75. The number of esters is 1. The molecule has 0 aliphatic carbocycles. The van der Waals surface area contributed by atoms with Crippen LogP contribution in [0.5, 0.6) is 0 Å². The normalized spacial score (nSPS) is 24.9. The second-order valence-electron chi connectivity index (χ2n) is 3.93. The fraction of sp³-hybridized carbons (Fsp3) is 0.900. The standard InChI is InChI=1S/C10H18O4/c1-8(11)12-6-4-5-9-7-13-10(2,3)14-9/h9H,4-7H2,1-3H3. The average molecular weight is 202 g/mol. The van der Waals surface area contributed by atoms with Crippen LogP contribution in [0.15, 0.2) is 0 Å². The highest BCUT2D eigenvalue weighted by Crippen LogP contribution is 2.24. The van der Waals surface area contributed by atoms with Gasteiger partial charge in [-0.05, 0) is 26.7 Å². The monoisotopic (exact) mass is 202 g/mol. The number of carbonyl (C=O) groups is 1. The Morgan fingerprint density at radius 1 is 1.57 bits per heavy atom. The van der Waals surface area contributed by atoms with E-state index in [1.807, 2.05) is 13.8 Å². The molecule has 1 unspecified atom stereocenters. The fourth-order valence-electron chi connectivity index (χ4n) is 1.43. The summed E-state index contributed by atoms with van der Waals surface area (Å²) in [5.74, 6) is -0.680. The molecule has 0 saturated carbocycles. The van der Waals surface area contributed by atoms with Crippen molar-refractivity contribution in [1.29, 1.82) is 0 Å². The van der Waals surface area contributed by atoms with Gasteiger partial charge in [0.25, 0.3) is 0 Å². The van der Waals surface area contributed by atoms with Gasteiger partial charge in [-0.1, -0.05) is 0 Å². The summed E-state index contributed by atoms with van der Waals surface area (Å²) in [6, 6.07) is 0. The van der Waals surface area contributed by atoms with Crippen molar-refractivity contribution in [3.63, 3.8) is 0 Å². The maximum atomic E-state index is 10.5. The smallest absolute Gasteiger partial charge is 0.302 e. The van der Waals surface area contributed by atoms with E-state index in [4.69, 9.17) is 14.2 Å². The lowest BCUT2D eigenvalue weighted by atomic mass is 10.2. The van der Waals surface area contributed by atoms with Gasteiger partial charge in [-0.25, -0.2) is 0 Å². The lowest BCUT2D eigenvalue weighted by molar-refractivity contribution is -0.144. The lowest BCUT2D eigenvalue weighted by Crippen LogP contribution is -2.21. The summed E-state index contributed by atoms with van der Waals surface area (Å²) in [5, 5.41) is 0. The summed E-state index contributed by atoms with van der Waals surface area (Å²) in [5.41, 5.74) is 0. The minimum absolute atomic E-state index is 0.139. The predicted molar refractivity (Wildman–Crippen MR) is 50.8 cm³/mol. The zero-order chi connectivity index (χ0) is 10.6. The predicted octanol–water partition coefficient (Wildman–Crippen LogP) is 1.48. The largest absolute Gasteiger partial charge is 0.466 e. The molecule has 1 atom stereocenters. The summed E-state index contributed by atoms with van der Waals surface area (Å²) in [7, 11) is 0. The first-order valence-corrected chi connectivity index (χ1v) is 4.95. The van der Waals surface area contributed by atoms with Gasteiger partial charge in [0.15, 0.2) is 5.79 Å². The van der Waals surface area contributed by atoms with E-state index >= 15 is 0 Å². The molecule has 1 fully saturated rings. The van der Waals surface area contributed by atoms with Crippen LogP contribution in [0, 0.1) is 0 Å². The molecule has 1 aliphatic rings. The molecule has 0 spiro atoms. The summed E-state index contributed by atoms with van der Waals surface area (Å²) < 4.78 is 15.8. The molecule has 4 nitrogen and oxygen atoms in total. The van der Waals surface area contributed by atoms with Crippen molar-refractivity contribution in [3.05, 3.63) is 0 Å². The Morgan fingerprint density at radius 2 is 2.29 bits per heavy atom. The van der Waals surface area contributed by atoms with Gasteiger partial charge >= 0.3 is 5.97 Å².